The van der Waals surface area contributed by atoms with Crippen molar-refractivity contribution in [3.8, 4) is 11.5 Å². The summed E-state index contributed by atoms with van der Waals surface area (Å²) in [5, 5.41) is 0.701. The average Bonchev–Trinajstić information content (AvgIpc) is 3.02. The Morgan fingerprint density at radius 2 is 1.97 bits per heavy atom. The van der Waals surface area contributed by atoms with Gasteiger partial charge in [-0.3, -0.25) is 9.69 Å². The van der Waals surface area contributed by atoms with Crippen LogP contribution in [0.3, 0.4) is 0 Å². The lowest BCUT2D eigenvalue weighted by Gasteiger charge is -2.13. The fourth-order valence-electron chi connectivity index (χ4n) is 2.82. The van der Waals surface area contributed by atoms with Crippen molar-refractivity contribution in [1.82, 2.24) is 4.90 Å². The smallest absolute Gasteiger partial charge is 0.266 e. The van der Waals surface area contributed by atoms with E-state index in [1.165, 1.54) is 11.8 Å². The number of aliphatic imine (C=N–C) groups is 1. The number of carbonyl (C=O) groups excluding carboxylic acids is 1. The number of nitrogens with zero attached hydrogens (tertiary/aromatic N) is 2. The number of rotatable bonds is 8. The largest absolute Gasteiger partial charge is 0.493 e. The van der Waals surface area contributed by atoms with Gasteiger partial charge in [-0.25, -0.2) is 4.99 Å². The zero-order chi connectivity index (χ0) is 20.6. The monoisotopic (exact) mass is 408 g/mol. The van der Waals surface area contributed by atoms with Crippen molar-refractivity contribution >= 4 is 34.6 Å². The Hall–Kier alpha value is -2.99. The van der Waals surface area contributed by atoms with Crippen molar-refractivity contribution in [3.63, 3.8) is 0 Å². The number of amides is 1. The molecule has 1 heterocycles. The highest BCUT2D eigenvalue weighted by molar-refractivity contribution is 8.18. The molecule has 0 bridgehead atoms. The molecule has 2 aromatic rings. The number of hydrogen-bond acceptors (Lipinski definition) is 5. The molecule has 1 fully saturated rings. The van der Waals surface area contributed by atoms with Crippen LogP contribution < -0.4 is 9.47 Å². The Labute approximate surface area is 175 Å². The second-order valence-corrected chi connectivity index (χ2v) is 7.32. The van der Waals surface area contributed by atoms with Gasteiger partial charge in [-0.05, 0) is 54.1 Å². The van der Waals surface area contributed by atoms with Crippen LogP contribution in [0.1, 0.15) is 18.9 Å². The molecule has 150 valence electrons. The van der Waals surface area contributed by atoms with Crippen LogP contribution in [-0.4, -0.2) is 36.2 Å². The van der Waals surface area contributed by atoms with E-state index in [4.69, 9.17) is 9.47 Å². The van der Waals surface area contributed by atoms with Gasteiger partial charge in [0.15, 0.2) is 16.7 Å². The summed E-state index contributed by atoms with van der Waals surface area (Å²) < 4.78 is 11.0. The minimum absolute atomic E-state index is 0.0301. The van der Waals surface area contributed by atoms with Gasteiger partial charge in [0, 0.05) is 6.54 Å². The molecule has 0 radical (unpaired) electrons. The predicted molar refractivity (Wildman–Crippen MR) is 120 cm³/mol. The summed E-state index contributed by atoms with van der Waals surface area (Å²) in [5.41, 5.74) is 1.69. The molecule has 1 saturated heterocycles. The van der Waals surface area contributed by atoms with Gasteiger partial charge in [-0.2, -0.15) is 0 Å². The van der Waals surface area contributed by atoms with Crippen LogP contribution >= 0.6 is 11.8 Å². The summed E-state index contributed by atoms with van der Waals surface area (Å²) in [6.45, 7) is 6.73. The first-order chi connectivity index (χ1) is 14.2. The fourth-order valence-corrected chi connectivity index (χ4v) is 3.84. The lowest BCUT2D eigenvalue weighted by molar-refractivity contribution is -0.122. The third-order valence-electron chi connectivity index (χ3n) is 4.16. The van der Waals surface area contributed by atoms with E-state index in [0.29, 0.717) is 34.7 Å². The van der Waals surface area contributed by atoms with E-state index < -0.39 is 0 Å². The molecule has 5 nitrogen and oxygen atoms in total. The lowest BCUT2D eigenvalue weighted by atomic mass is 10.2. The zero-order valence-electron chi connectivity index (χ0n) is 16.6. The number of ether oxygens (including phenoxy) is 2. The Kier molecular flexibility index (Phi) is 7.14. The maximum atomic E-state index is 13.0. The van der Waals surface area contributed by atoms with Crippen molar-refractivity contribution < 1.29 is 14.3 Å². The third-order valence-corrected chi connectivity index (χ3v) is 5.16. The molecule has 0 atom stereocenters. The number of methoxy groups -OCH3 is 1. The topological polar surface area (TPSA) is 51.1 Å². The van der Waals surface area contributed by atoms with Crippen molar-refractivity contribution in [2.24, 2.45) is 4.99 Å². The predicted octanol–water partition coefficient (Wildman–Crippen LogP) is 5.27. The first-order valence-corrected chi connectivity index (χ1v) is 10.2. The summed E-state index contributed by atoms with van der Waals surface area (Å²) in [6.07, 6.45) is 4.40. The van der Waals surface area contributed by atoms with Crippen LogP contribution in [0, 0.1) is 0 Å². The Balaban J connectivity index is 1.90. The molecule has 0 N–H and O–H groups in total. The van der Waals surface area contributed by atoms with Crippen molar-refractivity contribution in [2.45, 2.75) is 13.3 Å². The van der Waals surface area contributed by atoms with Crippen LogP contribution in [0.2, 0.25) is 0 Å². The molecule has 0 aliphatic carbocycles. The molecule has 0 spiro atoms. The van der Waals surface area contributed by atoms with Crippen molar-refractivity contribution in [3.05, 3.63) is 71.7 Å². The summed E-state index contributed by atoms with van der Waals surface area (Å²) in [6, 6.07) is 15.3. The maximum absolute atomic E-state index is 13.0. The molecule has 0 saturated carbocycles. The Morgan fingerprint density at radius 1 is 1.17 bits per heavy atom. The second-order valence-electron chi connectivity index (χ2n) is 6.31. The van der Waals surface area contributed by atoms with Gasteiger partial charge in [0.25, 0.3) is 5.91 Å². The zero-order valence-corrected chi connectivity index (χ0v) is 17.4. The highest BCUT2D eigenvalue weighted by Crippen LogP contribution is 2.36. The third kappa shape index (κ3) is 5.09. The highest BCUT2D eigenvalue weighted by atomic mass is 32.2. The Bertz CT molecular complexity index is 938. The average molecular weight is 409 g/mol. The van der Waals surface area contributed by atoms with Crippen molar-refractivity contribution in [1.29, 1.82) is 0 Å². The van der Waals surface area contributed by atoms with E-state index in [2.05, 4.69) is 11.6 Å². The van der Waals surface area contributed by atoms with Crippen LogP contribution in [-0.2, 0) is 4.79 Å². The minimum atomic E-state index is -0.0301. The van der Waals surface area contributed by atoms with E-state index >= 15 is 0 Å². The number of carbonyl (C=O) groups is 1. The molecule has 1 aliphatic heterocycles. The SMILES string of the molecule is C=CCOc1ccc(/C=C2/SC(=Nc3ccccc3)N(CCC)C2=O)cc1OC. The summed E-state index contributed by atoms with van der Waals surface area (Å²) >= 11 is 1.39. The molecule has 1 amide bonds. The molecule has 1 aliphatic rings. The quantitative estimate of drug-likeness (QED) is 0.441. The lowest BCUT2D eigenvalue weighted by Crippen LogP contribution is -2.29. The van der Waals surface area contributed by atoms with Crippen molar-refractivity contribution in [2.75, 3.05) is 20.3 Å². The molecular formula is C23H24N2O3S. The standard InChI is InChI=1S/C23H24N2O3S/c1-4-13-25-22(26)21(29-23(25)24-18-9-7-6-8-10-18)16-17-11-12-19(28-14-5-2)20(15-17)27-3/h5-12,15-16H,2,4,13-14H2,1,3H3/b21-16+,24-23?. The van der Waals surface area contributed by atoms with E-state index in [9.17, 15) is 4.79 Å². The number of thioether (sulfide) groups is 1. The van der Waals surface area contributed by atoms with Gasteiger partial charge < -0.3 is 9.47 Å². The number of hydrogen-bond donors (Lipinski definition) is 0. The molecule has 29 heavy (non-hydrogen) atoms. The molecule has 0 unspecified atom stereocenters. The number of para-hydroxylation sites is 1. The van der Waals surface area contributed by atoms with Crippen LogP contribution in [0.25, 0.3) is 6.08 Å². The molecule has 3 rings (SSSR count). The maximum Gasteiger partial charge on any atom is 0.266 e. The number of benzene rings is 2. The second kappa shape index (κ2) is 9.98. The fraction of sp³-hybridized carbons (Fsp3) is 0.217. The van der Waals surface area contributed by atoms with Gasteiger partial charge in [0.1, 0.15) is 6.61 Å². The molecule has 2 aromatic carbocycles. The normalized spacial score (nSPS) is 16.5. The Morgan fingerprint density at radius 3 is 2.66 bits per heavy atom. The van der Waals surface area contributed by atoms with E-state index in [-0.39, 0.29) is 5.91 Å². The van der Waals surface area contributed by atoms with Gasteiger partial charge >= 0.3 is 0 Å². The minimum Gasteiger partial charge on any atom is -0.493 e. The molecule has 6 heteroatoms. The first kappa shape index (κ1) is 20.7. The van der Waals surface area contributed by atoms with Gasteiger partial charge in [-0.15, -0.1) is 0 Å². The summed E-state index contributed by atoms with van der Waals surface area (Å²) in [5.74, 6) is 1.22. The van der Waals surface area contributed by atoms with E-state index in [1.54, 1.807) is 18.1 Å². The highest BCUT2D eigenvalue weighted by Gasteiger charge is 2.32. The first-order valence-electron chi connectivity index (χ1n) is 9.43. The van der Waals surface area contributed by atoms with Gasteiger partial charge in [-0.1, -0.05) is 43.8 Å². The van der Waals surface area contributed by atoms with Crippen LogP contribution in [0.4, 0.5) is 5.69 Å². The molecule has 0 aromatic heterocycles. The van der Waals surface area contributed by atoms with Gasteiger partial charge in [0.2, 0.25) is 0 Å². The molecular weight excluding hydrogens is 384 g/mol. The van der Waals surface area contributed by atoms with Crippen LogP contribution in [0.5, 0.6) is 11.5 Å². The van der Waals surface area contributed by atoms with Gasteiger partial charge in [0.05, 0.1) is 17.7 Å². The van der Waals surface area contributed by atoms with E-state index in [1.807, 2.05) is 61.5 Å². The van der Waals surface area contributed by atoms with E-state index in [0.717, 1.165) is 17.7 Å². The number of amidine groups is 1. The summed E-state index contributed by atoms with van der Waals surface area (Å²) in [7, 11) is 1.59. The summed E-state index contributed by atoms with van der Waals surface area (Å²) in [4.78, 5) is 20.0. The van der Waals surface area contributed by atoms with Crippen LogP contribution in [0.15, 0.2) is 71.1 Å².